The van der Waals surface area contributed by atoms with Crippen molar-refractivity contribution in [2.45, 2.75) is 45.7 Å². The monoisotopic (exact) mass is 583 g/mol. The number of para-hydroxylation sites is 1. The molecule has 214 valence electrons. The first-order valence-corrected chi connectivity index (χ1v) is 15.7. The van der Waals surface area contributed by atoms with Crippen LogP contribution in [0.5, 0.6) is 0 Å². The standard InChI is InChI=1S/C31H38ClN3O4S/c1-24(2)22-33-31(37)29(21-25-12-6-4-7-13-25)34(23-26-14-10-15-27(32)20-26)30(36)18-11-19-35(40(3,38)39)28-16-8-5-9-17-28/h4-10,12-17,20,24,29H,11,18-19,21-23H2,1-3H3,(H,33,37). The maximum atomic E-state index is 13.8. The van der Waals surface area contributed by atoms with Crippen LogP contribution in [0.15, 0.2) is 84.9 Å². The van der Waals surface area contributed by atoms with E-state index in [4.69, 9.17) is 11.6 Å². The number of nitrogens with one attached hydrogen (secondary N) is 1. The molecule has 3 rings (SSSR count). The number of hydrogen-bond donors (Lipinski definition) is 1. The van der Waals surface area contributed by atoms with Gasteiger partial charge in [0.25, 0.3) is 0 Å². The van der Waals surface area contributed by atoms with Crippen LogP contribution in [0.2, 0.25) is 5.02 Å². The van der Waals surface area contributed by atoms with Crippen molar-refractivity contribution in [3.05, 3.63) is 101 Å². The number of sulfonamides is 1. The summed E-state index contributed by atoms with van der Waals surface area (Å²) in [6, 6.07) is 24.9. The van der Waals surface area contributed by atoms with E-state index >= 15 is 0 Å². The molecule has 0 aliphatic rings. The summed E-state index contributed by atoms with van der Waals surface area (Å²) >= 11 is 6.24. The number of hydrogen-bond acceptors (Lipinski definition) is 4. The number of rotatable bonds is 14. The Morgan fingerprint density at radius 2 is 1.52 bits per heavy atom. The average Bonchev–Trinajstić information content (AvgIpc) is 2.92. The first-order valence-electron chi connectivity index (χ1n) is 13.4. The molecule has 0 bridgehead atoms. The van der Waals surface area contributed by atoms with Gasteiger partial charge in [0.1, 0.15) is 6.04 Å². The molecule has 0 saturated heterocycles. The summed E-state index contributed by atoms with van der Waals surface area (Å²) in [5.74, 6) is -0.213. The Kier molecular flexibility index (Phi) is 11.6. The van der Waals surface area contributed by atoms with E-state index in [0.29, 0.717) is 30.1 Å². The van der Waals surface area contributed by atoms with Crippen LogP contribution in [0.1, 0.15) is 37.8 Å². The third-order valence-corrected chi connectivity index (χ3v) is 7.82. The summed E-state index contributed by atoms with van der Waals surface area (Å²) in [6.45, 7) is 4.86. The Morgan fingerprint density at radius 3 is 2.12 bits per heavy atom. The van der Waals surface area contributed by atoms with Gasteiger partial charge in [-0.15, -0.1) is 0 Å². The molecule has 1 N–H and O–H groups in total. The van der Waals surface area contributed by atoms with Gasteiger partial charge in [-0.2, -0.15) is 0 Å². The van der Waals surface area contributed by atoms with E-state index in [1.165, 1.54) is 4.31 Å². The van der Waals surface area contributed by atoms with Gasteiger partial charge in [-0.1, -0.05) is 86.1 Å². The van der Waals surface area contributed by atoms with Gasteiger partial charge < -0.3 is 10.2 Å². The van der Waals surface area contributed by atoms with Crippen LogP contribution in [0.25, 0.3) is 0 Å². The Bertz CT molecular complexity index is 1350. The summed E-state index contributed by atoms with van der Waals surface area (Å²) in [5, 5.41) is 3.55. The van der Waals surface area contributed by atoms with E-state index < -0.39 is 16.1 Å². The van der Waals surface area contributed by atoms with Gasteiger partial charge in [-0.05, 0) is 47.7 Å². The van der Waals surface area contributed by atoms with Gasteiger partial charge in [-0.25, -0.2) is 8.42 Å². The van der Waals surface area contributed by atoms with Crippen molar-refractivity contribution in [3.8, 4) is 0 Å². The quantitative estimate of drug-likeness (QED) is 0.279. The van der Waals surface area contributed by atoms with Crippen molar-refractivity contribution in [3.63, 3.8) is 0 Å². The Hall–Kier alpha value is -3.36. The maximum absolute atomic E-state index is 13.8. The molecular weight excluding hydrogens is 546 g/mol. The SMILES string of the molecule is CC(C)CNC(=O)C(Cc1ccccc1)N(Cc1cccc(Cl)c1)C(=O)CCCN(c1ccccc1)S(C)(=O)=O. The minimum Gasteiger partial charge on any atom is -0.354 e. The predicted octanol–water partition coefficient (Wildman–Crippen LogP) is 5.30. The molecule has 0 radical (unpaired) electrons. The molecule has 3 aromatic carbocycles. The molecule has 40 heavy (non-hydrogen) atoms. The highest BCUT2D eigenvalue weighted by Gasteiger charge is 2.30. The normalized spacial score (nSPS) is 12.1. The van der Waals surface area contributed by atoms with Gasteiger partial charge in [-0.3, -0.25) is 13.9 Å². The van der Waals surface area contributed by atoms with Crippen LogP contribution in [0, 0.1) is 5.92 Å². The topological polar surface area (TPSA) is 86.8 Å². The molecule has 0 aromatic heterocycles. The van der Waals surface area contributed by atoms with Crippen molar-refractivity contribution in [2.24, 2.45) is 5.92 Å². The average molecular weight is 584 g/mol. The Balaban J connectivity index is 1.87. The molecule has 9 heteroatoms. The lowest BCUT2D eigenvalue weighted by Crippen LogP contribution is -2.51. The molecule has 7 nitrogen and oxygen atoms in total. The van der Waals surface area contributed by atoms with Crippen molar-refractivity contribution in [1.29, 1.82) is 0 Å². The summed E-state index contributed by atoms with van der Waals surface area (Å²) in [5.41, 5.74) is 2.28. The van der Waals surface area contributed by atoms with Crippen molar-refractivity contribution in [1.82, 2.24) is 10.2 Å². The fourth-order valence-corrected chi connectivity index (χ4v) is 5.58. The van der Waals surface area contributed by atoms with Crippen LogP contribution < -0.4 is 9.62 Å². The number of benzene rings is 3. The second-order valence-electron chi connectivity index (χ2n) is 10.3. The third kappa shape index (κ3) is 9.68. The van der Waals surface area contributed by atoms with Crippen LogP contribution in [0.3, 0.4) is 0 Å². The molecule has 0 fully saturated rings. The van der Waals surface area contributed by atoms with Crippen LogP contribution in [0.4, 0.5) is 5.69 Å². The fraction of sp³-hybridized carbons (Fsp3) is 0.355. The van der Waals surface area contributed by atoms with Gasteiger partial charge in [0.2, 0.25) is 21.8 Å². The molecule has 0 saturated carbocycles. The molecule has 0 aliphatic heterocycles. The van der Waals surface area contributed by atoms with Crippen molar-refractivity contribution < 1.29 is 18.0 Å². The molecule has 1 unspecified atom stereocenters. The van der Waals surface area contributed by atoms with Crippen LogP contribution in [-0.2, 0) is 32.6 Å². The minimum atomic E-state index is -3.55. The first-order chi connectivity index (χ1) is 19.0. The number of anilines is 1. The fourth-order valence-electron chi connectivity index (χ4n) is 4.41. The number of carbonyl (C=O) groups excluding carboxylic acids is 2. The highest BCUT2D eigenvalue weighted by Crippen LogP contribution is 2.21. The maximum Gasteiger partial charge on any atom is 0.243 e. The van der Waals surface area contributed by atoms with E-state index in [1.807, 2.05) is 62.4 Å². The van der Waals surface area contributed by atoms with E-state index in [0.717, 1.165) is 17.4 Å². The van der Waals surface area contributed by atoms with Gasteiger partial charge in [0.05, 0.1) is 11.9 Å². The van der Waals surface area contributed by atoms with Crippen LogP contribution >= 0.6 is 11.6 Å². The predicted molar refractivity (Wildman–Crippen MR) is 162 cm³/mol. The highest BCUT2D eigenvalue weighted by atomic mass is 35.5. The minimum absolute atomic E-state index is 0.0716. The molecular formula is C31H38ClN3O4S. The highest BCUT2D eigenvalue weighted by molar-refractivity contribution is 7.92. The Labute approximate surface area is 243 Å². The second kappa shape index (κ2) is 14.9. The lowest BCUT2D eigenvalue weighted by Gasteiger charge is -2.32. The number of carbonyl (C=O) groups is 2. The number of halogens is 1. The van der Waals surface area contributed by atoms with Crippen molar-refractivity contribution >= 4 is 39.1 Å². The van der Waals surface area contributed by atoms with E-state index in [-0.39, 0.29) is 37.2 Å². The number of amides is 2. The molecule has 0 aliphatic carbocycles. The lowest BCUT2D eigenvalue weighted by atomic mass is 10.0. The van der Waals surface area contributed by atoms with E-state index in [9.17, 15) is 18.0 Å². The largest absolute Gasteiger partial charge is 0.354 e. The summed E-state index contributed by atoms with van der Waals surface area (Å²) in [6.07, 6.45) is 1.86. The smallest absolute Gasteiger partial charge is 0.243 e. The second-order valence-corrected chi connectivity index (χ2v) is 12.6. The summed E-state index contributed by atoms with van der Waals surface area (Å²) in [4.78, 5) is 29.0. The molecule has 0 spiro atoms. The molecule has 0 heterocycles. The Morgan fingerprint density at radius 1 is 0.900 bits per heavy atom. The molecule has 2 amide bonds. The van der Waals surface area contributed by atoms with Gasteiger partial charge in [0, 0.05) is 37.5 Å². The lowest BCUT2D eigenvalue weighted by molar-refractivity contribution is -0.141. The van der Waals surface area contributed by atoms with Crippen LogP contribution in [-0.4, -0.2) is 50.5 Å². The summed E-state index contributed by atoms with van der Waals surface area (Å²) in [7, 11) is -3.55. The third-order valence-electron chi connectivity index (χ3n) is 6.39. The first kappa shape index (κ1) is 31.2. The zero-order valence-corrected chi connectivity index (χ0v) is 24.9. The zero-order chi connectivity index (χ0) is 29.1. The van der Waals surface area contributed by atoms with E-state index in [1.54, 1.807) is 41.3 Å². The van der Waals surface area contributed by atoms with Crippen molar-refractivity contribution in [2.75, 3.05) is 23.7 Å². The number of nitrogens with zero attached hydrogens (tertiary/aromatic N) is 2. The molecule has 1 atom stereocenters. The van der Waals surface area contributed by atoms with Gasteiger partial charge >= 0.3 is 0 Å². The summed E-state index contributed by atoms with van der Waals surface area (Å²) < 4.78 is 26.3. The zero-order valence-electron chi connectivity index (χ0n) is 23.3. The van der Waals surface area contributed by atoms with Gasteiger partial charge in [0.15, 0.2) is 0 Å². The molecule has 3 aromatic rings. The van der Waals surface area contributed by atoms with E-state index in [2.05, 4.69) is 5.32 Å².